The molecule has 144 valence electrons. The van der Waals surface area contributed by atoms with Crippen LogP contribution in [-0.4, -0.2) is 29.3 Å². The second kappa shape index (κ2) is 8.16. The summed E-state index contributed by atoms with van der Waals surface area (Å²) in [5, 5.41) is 21.1. The summed E-state index contributed by atoms with van der Waals surface area (Å²) >= 11 is 0. The van der Waals surface area contributed by atoms with Crippen LogP contribution in [0, 0.1) is 10.1 Å². The Bertz CT molecular complexity index is 959. The first-order valence-electron chi connectivity index (χ1n) is 8.42. The van der Waals surface area contributed by atoms with Crippen LogP contribution in [0.15, 0.2) is 53.6 Å². The lowest BCUT2D eigenvalue weighted by Crippen LogP contribution is -2.33. The predicted molar refractivity (Wildman–Crippen MR) is 102 cm³/mol. The van der Waals surface area contributed by atoms with Crippen molar-refractivity contribution in [3.05, 3.63) is 58.6 Å². The molecule has 1 aliphatic heterocycles. The first-order chi connectivity index (χ1) is 13.5. The highest BCUT2D eigenvalue weighted by atomic mass is 16.6. The number of rotatable bonds is 5. The molecule has 3 rings (SSSR count). The van der Waals surface area contributed by atoms with Gasteiger partial charge in [0.1, 0.15) is 17.3 Å². The molecule has 2 aromatic rings. The number of nitro benzene ring substituents is 1. The van der Waals surface area contributed by atoms with E-state index < -0.39 is 11.0 Å². The van der Waals surface area contributed by atoms with Crippen molar-refractivity contribution in [2.24, 2.45) is 5.10 Å². The van der Waals surface area contributed by atoms with Gasteiger partial charge in [-0.1, -0.05) is 18.2 Å². The van der Waals surface area contributed by atoms with Crippen LogP contribution in [0.4, 0.5) is 21.9 Å². The van der Waals surface area contributed by atoms with Crippen LogP contribution in [0.25, 0.3) is 0 Å². The number of urea groups is 1. The smallest absolute Gasteiger partial charge is 0.324 e. The summed E-state index contributed by atoms with van der Waals surface area (Å²) in [5.74, 6) is 0.335. The molecule has 0 spiro atoms. The molecule has 1 heterocycles. The van der Waals surface area contributed by atoms with Crippen molar-refractivity contribution in [2.75, 3.05) is 16.9 Å². The molecule has 0 aliphatic carbocycles. The fourth-order valence-electron chi connectivity index (χ4n) is 2.59. The highest BCUT2D eigenvalue weighted by Gasteiger charge is 2.28. The van der Waals surface area contributed by atoms with E-state index in [1.165, 1.54) is 29.3 Å². The van der Waals surface area contributed by atoms with Crippen molar-refractivity contribution in [3.8, 4) is 5.75 Å². The highest BCUT2D eigenvalue weighted by molar-refractivity contribution is 6.17. The number of benzene rings is 2. The van der Waals surface area contributed by atoms with Gasteiger partial charge in [0.2, 0.25) is 0 Å². The molecule has 1 aliphatic rings. The van der Waals surface area contributed by atoms with Gasteiger partial charge in [-0.15, -0.1) is 0 Å². The van der Waals surface area contributed by atoms with Crippen LogP contribution < -0.4 is 20.4 Å². The Morgan fingerprint density at radius 3 is 2.79 bits per heavy atom. The van der Waals surface area contributed by atoms with Crippen LogP contribution in [0.1, 0.15) is 13.3 Å². The number of para-hydroxylation sites is 2. The van der Waals surface area contributed by atoms with E-state index in [1.54, 1.807) is 24.3 Å². The Labute approximate surface area is 159 Å². The van der Waals surface area contributed by atoms with Gasteiger partial charge in [-0.25, -0.2) is 4.79 Å². The van der Waals surface area contributed by atoms with Gasteiger partial charge in [-0.05, 0) is 25.1 Å². The molecule has 0 aromatic heterocycles. The molecule has 0 radical (unpaired) electrons. The fraction of sp³-hybridized carbons (Fsp3) is 0.167. The van der Waals surface area contributed by atoms with Crippen molar-refractivity contribution in [2.45, 2.75) is 13.3 Å². The molecule has 0 saturated carbocycles. The van der Waals surface area contributed by atoms with Gasteiger partial charge in [0.25, 0.3) is 11.6 Å². The lowest BCUT2D eigenvalue weighted by atomic mass is 10.2. The average molecular weight is 383 g/mol. The summed E-state index contributed by atoms with van der Waals surface area (Å²) in [7, 11) is 0. The number of amides is 3. The zero-order valence-corrected chi connectivity index (χ0v) is 14.9. The number of nitro groups is 1. The molecular formula is C18H17N5O5. The van der Waals surface area contributed by atoms with E-state index in [2.05, 4.69) is 15.7 Å². The quantitative estimate of drug-likeness (QED) is 0.606. The minimum absolute atomic E-state index is 0.0944. The van der Waals surface area contributed by atoms with Crippen LogP contribution in [0.2, 0.25) is 0 Å². The number of hydrogen-bond acceptors (Lipinski definition) is 6. The van der Waals surface area contributed by atoms with Crippen molar-refractivity contribution < 1.29 is 19.2 Å². The zero-order chi connectivity index (χ0) is 20.1. The van der Waals surface area contributed by atoms with E-state index in [-0.39, 0.29) is 29.5 Å². The SMILES string of the molecule is CCOc1ccccc1N1N=C(NC(=O)Nc2cccc([N+](=O)[O-])c2)CC1=O. The molecule has 0 saturated heterocycles. The number of nitrogens with zero attached hydrogens (tertiary/aromatic N) is 3. The molecule has 10 heteroatoms. The van der Waals surface area contributed by atoms with Gasteiger partial charge in [-0.2, -0.15) is 10.1 Å². The molecule has 2 N–H and O–H groups in total. The number of amidine groups is 1. The largest absolute Gasteiger partial charge is 0.492 e. The van der Waals surface area contributed by atoms with E-state index in [0.717, 1.165) is 0 Å². The summed E-state index contributed by atoms with van der Waals surface area (Å²) in [5.41, 5.74) is 0.574. The van der Waals surface area contributed by atoms with Gasteiger partial charge in [0.15, 0.2) is 0 Å². The number of hydrogen-bond donors (Lipinski definition) is 2. The molecule has 3 amide bonds. The number of carbonyl (C=O) groups excluding carboxylic acids is 2. The van der Waals surface area contributed by atoms with E-state index in [0.29, 0.717) is 18.0 Å². The molecule has 28 heavy (non-hydrogen) atoms. The topological polar surface area (TPSA) is 126 Å². The number of hydrazone groups is 1. The van der Waals surface area contributed by atoms with Gasteiger partial charge in [0.05, 0.1) is 18.0 Å². The lowest BCUT2D eigenvalue weighted by molar-refractivity contribution is -0.384. The maximum atomic E-state index is 12.3. The molecule has 0 unspecified atom stereocenters. The number of ether oxygens (including phenoxy) is 1. The van der Waals surface area contributed by atoms with Gasteiger partial charge >= 0.3 is 6.03 Å². The Kier molecular flexibility index (Phi) is 5.49. The zero-order valence-electron chi connectivity index (χ0n) is 14.9. The first-order valence-corrected chi connectivity index (χ1v) is 8.42. The van der Waals surface area contributed by atoms with Crippen molar-refractivity contribution in [1.29, 1.82) is 0 Å². The summed E-state index contributed by atoms with van der Waals surface area (Å²) in [4.78, 5) is 34.7. The standard InChI is InChI=1S/C18H17N5O5/c1-2-28-15-9-4-3-8-14(15)22-17(24)11-16(21-22)20-18(25)19-12-6-5-7-13(10-12)23(26)27/h3-10H,2,11H2,1H3,(H2,19,20,21,25). The lowest BCUT2D eigenvalue weighted by Gasteiger charge is -2.15. The Hall–Kier alpha value is -3.95. The Morgan fingerprint density at radius 2 is 2.04 bits per heavy atom. The van der Waals surface area contributed by atoms with Crippen LogP contribution in [-0.2, 0) is 4.79 Å². The van der Waals surface area contributed by atoms with Crippen LogP contribution in [0.3, 0.4) is 0 Å². The number of non-ortho nitro benzene ring substituents is 1. The minimum Gasteiger partial charge on any atom is -0.492 e. The van der Waals surface area contributed by atoms with E-state index in [1.807, 2.05) is 6.92 Å². The predicted octanol–water partition coefficient (Wildman–Crippen LogP) is 2.87. The monoisotopic (exact) mass is 383 g/mol. The van der Waals surface area contributed by atoms with Crippen LogP contribution in [0.5, 0.6) is 5.75 Å². The van der Waals surface area contributed by atoms with Crippen molar-refractivity contribution >= 4 is 34.8 Å². The molecule has 0 fully saturated rings. The molecule has 2 aromatic carbocycles. The second-order valence-corrected chi connectivity index (χ2v) is 5.72. The Balaban J connectivity index is 1.71. The third kappa shape index (κ3) is 4.23. The van der Waals surface area contributed by atoms with E-state index >= 15 is 0 Å². The number of anilines is 2. The number of nitrogens with one attached hydrogen (secondary N) is 2. The molecule has 10 nitrogen and oxygen atoms in total. The maximum absolute atomic E-state index is 12.3. The number of carbonyl (C=O) groups is 2. The van der Waals surface area contributed by atoms with Gasteiger partial charge < -0.3 is 10.1 Å². The Morgan fingerprint density at radius 1 is 1.25 bits per heavy atom. The van der Waals surface area contributed by atoms with Crippen LogP contribution >= 0.6 is 0 Å². The normalized spacial score (nSPS) is 13.1. The third-order valence-electron chi connectivity index (χ3n) is 3.74. The first kappa shape index (κ1) is 18.8. The second-order valence-electron chi connectivity index (χ2n) is 5.72. The van der Waals surface area contributed by atoms with Gasteiger partial charge in [-0.3, -0.25) is 20.2 Å². The van der Waals surface area contributed by atoms with Crippen molar-refractivity contribution in [1.82, 2.24) is 5.32 Å². The summed E-state index contributed by atoms with van der Waals surface area (Å²) in [6.45, 7) is 2.26. The maximum Gasteiger partial charge on any atom is 0.324 e. The summed E-state index contributed by atoms with van der Waals surface area (Å²) < 4.78 is 5.51. The third-order valence-corrected chi connectivity index (χ3v) is 3.74. The minimum atomic E-state index is -0.660. The summed E-state index contributed by atoms with van der Waals surface area (Å²) in [6, 6.07) is 11.8. The van der Waals surface area contributed by atoms with Gasteiger partial charge in [0, 0.05) is 17.8 Å². The van der Waals surface area contributed by atoms with Crippen molar-refractivity contribution in [3.63, 3.8) is 0 Å². The fourth-order valence-corrected chi connectivity index (χ4v) is 2.59. The molecule has 0 bridgehead atoms. The molecular weight excluding hydrogens is 366 g/mol. The summed E-state index contributed by atoms with van der Waals surface area (Å²) in [6.07, 6.45) is -0.0944. The highest BCUT2D eigenvalue weighted by Crippen LogP contribution is 2.30. The van der Waals surface area contributed by atoms with E-state index in [9.17, 15) is 19.7 Å². The average Bonchev–Trinajstić information content (AvgIpc) is 3.02. The molecule has 0 atom stereocenters. The van der Waals surface area contributed by atoms with E-state index in [4.69, 9.17) is 4.74 Å².